The fraction of sp³-hybridized carbons (Fsp3) is 0.417. The van der Waals surface area contributed by atoms with Gasteiger partial charge in [-0.15, -0.1) is 0 Å². The van der Waals surface area contributed by atoms with Gasteiger partial charge in [0, 0.05) is 12.2 Å². The molecule has 1 unspecified atom stereocenters. The fourth-order valence-electron chi connectivity index (χ4n) is 1.67. The molecule has 1 rings (SSSR count). The Hall–Kier alpha value is -1.59. The first kappa shape index (κ1) is 13.5. The van der Waals surface area contributed by atoms with Gasteiger partial charge in [0.05, 0.1) is 19.6 Å². The molecule has 0 heterocycles. The van der Waals surface area contributed by atoms with Gasteiger partial charge < -0.3 is 20.1 Å². The van der Waals surface area contributed by atoms with Crippen LogP contribution in [0.1, 0.15) is 23.5 Å². The highest BCUT2D eigenvalue weighted by Gasteiger charge is 2.20. The van der Waals surface area contributed by atoms with Crippen molar-refractivity contribution in [2.45, 2.75) is 18.9 Å². The van der Waals surface area contributed by atoms with Crippen LogP contribution in [0.5, 0.6) is 5.75 Å². The lowest BCUT2D eigenvalue weighted by Crippen LogP contribution is -2.13. The van der Waals surface area contributed by atoms with Crippen LogP contribution in [0.2, 0.25) is 0 Å². The fourth-order valence-corrected chi connectivity index (χ4v) is 1.67. The topological polar surface area (TPSA) is 87.0 Å². The lowest BCUT2D eigenvalue weighted by Gasteiger charge is -2.14. The van der Waals surface area contributed by atoms with Crippen LogP contribution in [0.3, 0.4) is 0 Å². The Morgan fingerprint density at radius 2 is 2.12 bits per heavy atom. The monoisotopic (exact) mass is 240 g/mol. The van der Waals surface area contributed by atoms with E-state index in [1.54, 1.807) is 18.2 Å². The van der Waals surface area contributed by atoms with Crippen LogP contribution in [0.25, 0.3) is 0 Å². The predicted octanol–water partition coefficient (Wildman–Crippen LogP) is 0.738. The second kappa shape index (κ2) is 6.22. The van der Waals surface area contributed by atoms with Gasteiger partial charge in [-0.2, -0.15) is 0 Å². The Balaban J connectivity index is 3.08. The molecule has 0 aromatic heterocycles. The highest BCUT2D eigenvalue weighted by Crippen LogP contribution is 2.27. The number of benzene rings is 1. The maximum Gasteiger partial charge on any atom is 0.311 e. The number of aliphatic hydroxyl groups is 2. The van der Waals surface area contributed by atoms with Gasteiger partial charge in [0.15, 0.2) is 0 Å². The molecule has 5 heteroatoms. The molecule has 5 nitrogen and oxygen atoms in total. The van der Waals surface area contributed by atoms with E-state index in [4.69, 9.17) is 20.1 Å². The van der Waals surface area contributed by atoms with Crippen molar-refractivity contribution in [3.05, 3.63) is 29.3 Å². The zero-order chi connectivity index (χ0) is 12.8. The zero-order valence-electron chi connectivity index (χ0n) is 9.59. The summed E-state index contributed by atoms with van der Waals surface area (Å²) in [4.78, 5) is 11.0. The van der Waals surface area contributed by atoms with Gasteiger partial charge in [-0.25, -0.2) is 0 Å². The molecule has 0 aliphatic heterocycles. The van der Waals surface area contributed by atoms with Crippen molar-refractivity contribution in [3.8, 4) is 5.75 Å². The Labute approximate surface area is 99.3 Å². The number of carboxylic acids is 1. The van der Waals surface area contributed by atoms with Gasteiger partial charge in [0.2, 0.25) is 0 Å². The van der Waals surface area contributed by atoms with Crippen molar-refractivity contribution in [2.24, 2.45) is 0 Å². The van der Waals surface area contributed by atoms with E-state index in [0.717, 1.165) is 0 Å². The van der Waals surface area contributed by atoms with Crippen LogP contribution in [0.4, 0.5) is 0 Å². The number of carbonyl (C=O) groups is 1. The van der Waals surface area contributed by atoms with E-state index in [0.29, 0.717) is 16.9 Å². The van der Waals surface area contributed by atoms with Crippen LogP contribution in [0.15, 0.2) is 18.2 Å². The van der Waals surface area contributed by atoms with Crippen LogP contribution in [0, 0.1) is 0 Å². The van der Waals surface area contributed by atoms with Crippen molar-refractivity contribution < 1.29 is 24.9 Å². The molecule has 0 aliphatic carbocycles. The maximum atomic E-state index is 11.0. The van der Waals surface area contributed by atoms with E-state index >= 15 is 0 Å². The second-order valence-electron chi connectivity index (χ2n) is 3.63. The van der Waals surface area contributed by atoms with Crippen LogP contribution >= 0.6 is 0 Å². The standard InChI is InChI=1S/C12H16O5/c1-17-11-6-8(2-3-9(11)7-14)10(4-5-13)12(15)16/h2-3,6,10,13-14H,4-5,7H2,1H3,(H,15,16). The van der Waals surface area contributed by atoms with E-state index in [1.807, 2.05) is 0 Å². The van der Waals surface area contributed by atoms with Gasteiger partial charge in [-0.05, 0) is 18.1 Å². The van der Waals surface area contributed by atoms with Crippen molar-refractivity contribution in [1.82, 2.24) is 0 Å². The number of aliphatic carboxylic acids is 1. The number of hydrogen-bond acceptors (Lipinski definition) is 4. The van der Waals surface area contributed by atoms with Crippen molar-refractivity contribution in [2.75, 3.05) is 13.7 Å². The molecule has 0 saturated carbocycles. The minimum absolute atomic E-state index is 0.150. The molecule has 0 bridgehead atoms. The molecule has 17 heavy (non-hydrogen) atoms. The van der Waals surface area contributed by atoms with Gasteiger partial charge in [0.25, 0.3) is 0 Å². The normalized spacial score (nSPS) is 12.2. The Morgan fingerprint density at radius 3 is 2.59 bits per heavy atom. The second-order valence-corrected chi connectivity index (χ2v) is 3.63. The highest BCUT2D eigenvalue weighted by atomic mass is 16.5. The summed E-state index contributed by atoms with van der Waals surface area (Å²) in [5.74, 6) is -1.30. The van der Waals surface area contributed by atoms with Gasteiger partial charge >= 0.3 is 5.97 Å². The minimum Gasteiger partial charge on any atom is -0.496 e. The summed E-state index contributed by atoms with van der Waals surface area (Å²) in [6.07, 6.45) is 0.150. The summed E-state index contributed by atoms with van der Waals surface area (Å²) in [6.45, 7) is -0.359. The molecule has 1 atom stereocenters. The average Bonchev–Trinajstić information content (AvgIpc) is 2.34. The van der Waals surface area contributed by atoms with Gasteiger partial charge in [-0.1, -0.05) is 12.1 Å². The number of carboxylic acid groups (broad SMARTS) is 1. The van der Waals surface area contributed by atoms with Crippen LogP contribution < -0.4 is 4.74 Å². The lowest BCUT2D eigenvalue weighted by molar-refractivity contribution is -0.139. The molecule has 0 fully saturated rings. The third-order valence-electron chi connectivity index (χ3n) is 2.60. The highest BCUT2D eigenvalue weighted by molar-refractivity contribution is 5.76. The van der Waals surface area contributed by atoms with Gasteiger partial charge in [0.1, 0.15) is 5.75 Å². The van der Waals surface area contributed by atoms with E-state index in [9.17, 15) is 4.79 Å². The summed E-state index contributed by atoms with van der Waals surface area (Å²) in [6, 6.07) is 4.84. The SMILES string of the molecule is COc1cc(C(CCO)C(=O)O)ccc1CO. The molecule has 0 aliphatic rings. The summed E-state index contributed by atoms with van der Waals surface area (Å²) in [7, 11) is 1.46. The molecule has 0 amide bonds. The Kier molecular flexibility index (Phi) is 4.93. The molecular formula is C12H16O5. The van der Waals surface area contributed by atoms with Crippen molar-refractivity contribution >= 4 is 5.97 Å². The number of aliphatic hydroxyl groups excluding tert-OH is 2. The molecule has 0 saturated heterocycles. The van der Waals surface area contributed by atoms with E-state index in [1.165, 1.54) is 7.11 Å². The number of hydrogen-bond donors (Lipinski definition) is 3. The Bertz CT molecular complexity index is 388. The molecular weight excluding hydrogens is 224 g/mol. The summed E-state index contributed by atoms with van der Waals surface area (Å²) in [5, 5.41) is 26.9. The van der Waals surface area contributed by atoms with E-state index in [2.05, 4.69) is 0 Å². The van der Waals surface area contributed by atoms with Gasteiger partial charge in [-0.3, -0.25) is 4.79 Å². The first-order chi connectivity index (χ1) is 8.13. The molecule has 1 aromatic rings. The van der Waals surface area contributed by atoms with E-state index < -0.39 is 11.9 Å². The van der Waals surface area contributed by atoms with Crippen LogP contribution in [-0.4, -0.2) is 35.0 Å². The first-order valence-electron chi connectivity index (χ1n) is 5.25. The largest absolute Gasteiger partial charge is 0.496 e. The molecule has 3 N–H and O–H groups in total. The molecule has 94 valence electrons. The number of rotatable bonds is 6. The maximum absolute atomic E-state index is 11.0. The average molecular weight is 240 g/mol. The molecule has 0 spiro atoms. The third kappa shape index (κ3) is 3.18. The third-order valence-corrected chi connectivity index (χ3v) is 2.60. The summed E-state index contributed by atoms with van der Waals surface area (Å²) in [5.41, 5.74) is 1.16. The lowest BCUT2D eigenvalue weighted by atomic mass is 9.95. The summed E-state index contributed by atoms with van der Waals surface area (Å²) < 4.78 is 5.07. The minimum atomic E-state index is -0.988. The first-order valence-corrected chi connectivity index (χ1v) is 5.25. The smallest absolute Gasteiger partial charge is 0.311 e. The summed E-state index contributed by atoms with van der Waals surface area (Å²) >= 11 is 0. The number of methoxy groups -OCH3 is 1. The van der Waals surface area contributed by atoms with Crippen molar-refractivity contribution in [1.29, 1.82) is 0 Å². The van der Waals surface area contributed by atoms with Crippen LogP contribution in [-0.2, 0) is 11.4 Å². The predicted molar refractivity (Wildman–Crippen MR) is 61.0 cm³/mol. The zero-order valence-corrected chi connectivity index (χ0v) is 9.59. The number of ether oxygens (including phenoxy) is 1. The molecule has 0 radical (unpaired) electrons. The van der Waals surface area contributed by atoms with Crippen molar-refractivity contribution in [3.63, 3.8) is 0 Å². The molecule has 1 aromatic carbocycles. The van der Waals surface area contributed by atoms with E-state index in [-0.39, 0.29) is 19.6 Å². The quantitative estimate of drug-likeness (QED) is 0.682. The Morgan fingerprint density at radius 1 is 1.41 bits per heavy atom.